The number of hydrogen-bond donors (Lipinski definition) is 1. The molecule has 0 unspecified atom stereocenters. The van der Waals surface area contributed by atoms with E-state index in [1.165, 1.54) is 6.21 Å². The van der Waals surface area contributed by atoms with E-state index < -0.39 is 0 Å². The first kappa shape index (κ1) is 9.26. The Morgan fingerprint density at radius 1 is 1.31 bits per heavy atom. The van der Waals surface area contributed by atoms with E-state index >= 15 is 0 Å². The largest absolute Gasteiger partial charge is 0.506 e. The Balaban J connectivity index is 3.22. The first-order valence-electron chi connectivity index (χ1n) is 3.89. The van der Waals surface area contributed by atoms with Crippen molar-refractivity contribution in [2.24, 2.45) is 4.99 Å². The summed E-state index contributed by atoms with van der Waals surface area (Å²) in [5.41, 5.74) is 1.33. The van der Waals surface area contributed by atoms with Gasteiger partial charge in [-0.3, -0.25) is 4.99 Å². The van der Waals surface area contributed by atoms with Gasteiger partial charge in [-0.2, -0.15) is 0 Å². The van der Waals surface area contributed by atoms with Gasteiger partial charge in [-0.25, -0.2) is 0 Å². The summed E-state index contributed by atoms with van der Waals surface area (Å²) < 4.78 is 0. The number of rotatable bonds is 3. The third kappa shape index (κ3) is 2.06. The minimum absolute atomic E-state index is 0.149. The third-order valence-corrected chi connectivity index (χ3v) is 1.57. The smallest absolute Gasteiger partial charge is 0.141 e. The van der Waals surface area contributed by atoms with Crippen LogP contribution in [0.4, 0.5) is 5.69 Å². The van der Waals surface area contributed by atoms with E-state index in [2.05, 4.69) is 18.2 Å². The molecule has 0 amide bonds. The second-order valence-electron chi connectivity index (χ2n) is 2.43. The van der Waals surface area contributed by atoms with E-state index in [0.29, 0.717) is 5.69 Å². The maximum atomic E-state index is 9.45. The number of aliphatic imine (C=N–C) groups is 1. The number of para-hydroxylation sites is 1. The molecule has 0 fully saturated rings. The highest BCUT2D eigenvalue weighted by Gasteiger charge is 2.01. The molecule has 1 N–H and O–H groups in total. The number of benzene rings is 1. The van der Waals surface area contributed by atoms with Crippen LogP contribution in [0.25, 0.3) is 6.08 Å². The molecular weight excluding hydrogens is 162 g/mol. The molecule has 0 aliphatic carbocycles. The second-order valence-corrected chi connectivity index (χ2v) is 2.43. The molecule has 1 aromatic rings. The Hall–Kier alpha value is -1.83. The van der Waals surface area contributed by atoms with Gasteiger partial charge in [-0.05, 0) is 6.07 Å². The molecule has 1 aromatic carbocycles. The molecule has 0 atom stereocenters. The Morgan fingerprint density at radius 3 is 2.69 bits per heavy atom. The second kappa shape index (κ2) is 4.26. The van der Waals surface area contributed by atoms with Crippen molar-refractivity contribution < 1.29 is 5.11 Å². The molecule has 0 heterocycles. The van der Waals surface area contributed by atoms with Gasteiger partial charge in [0.2, 0.25) is 0 Å². The highest BCUT2D eigenvalue weighted by atomic mass is 16.3. The zero-order valence-corrected chi connectivity index (χ0v) is 7.27. The predicted octanol–water partition coefficient (Wildman–Crippen LogP) is 2.92. The fourth-order valence-electron chi connectivity index (χ4n) is 0.981. The fourth-order valence-corrected chi connectivity index (χ4v) is 0.981. The van der Waals surface area contributed by atoms with Crippen molar-refractivity contribution in [1.29, 1.82) is 0 Å². The number of phenolic OH excluding ortho intramolecular Hbond substituents is 1. The number of allylic oxidation sites excluding steroid dienone is 1. The summed E-state index contributed by atoms with van der Waals surface area (Å²) in [5, 5.41) is 9.45. The normalized spacial score (nSPS) is 10.2. The quantitative estimate of drug-likeness (QED) is 0.700. The molecule has 0 saturated heterocycles. The molecule has 0 aliphatic rings. The van der Waals surface area contributed by atoms with Gasteiger partial charge in [-0.1, -0.05) is 37.4 Å². The highest BCUT2D eigenvalue weighted by Crippen LogP contribution is 2.30. The van der Waals surface area contributed by atoms with Crippen LogP contribution in [0, 0.1) is 0 Å². The van der Waals surface area contributed by atoms with Gasteiger partial charge in [-0.15, -0.1) is 0 Å². The first-order valence-corrected chi connectivity index (χ1v) is 3.89. The van der Waals surface area contributed by atoms with Crippen LogP contribution < -0.4 is 0 Å². The van der Waals surface area contributed by atoms with Crippen molar-refractivity contribution >= 4 is 18.0 Å². The lowest BCUT2D eigenvalue weighted by Gasteiger charge is -2.01. The number of aromatic hydroxyl groups is 1. The zero-order chi connectivity index (χ0) is 9.68. The molecule has 0 spiro atoms. The fraction of sp³-hybridized carbons (Fsp3) is 0. The predicted molar refractivity (Wildman–Crippen MR) is 56.5 cm³/mol. The molecule has 0 saturated carbocycles. The van der Waals surface area contributed by atoms with Crippen LogP contribution in [0.2, 0.25) is 0 Å². The molecule has 0 aromatic heterocycles. The highest BCUT2D eigenvalue weighted by molar-refractivity contribution is 5.79. The summed E-state index contributed by atoms with van der Waals surface area (Å²) in [6.07, 6.45) is 4.73. The first-order chi connectivity index (χ1) is 6.29. The molecule has 13 heavy (non-hydrogen) atoms. The van der Waals surface area contributed by atoms with Crippen LogP contribution in [0.3, 0.4) is 0 Å². The summed E-state index contributed by atoms with van der Waals surface area (Å²) >= 11 is 0. The van der Waals surface area contributed by atoms with Crippen molar-refractivity contribution in [2.45, 2.75) is 0 Å². The van der Waals surface area contributed by atoms with Crippen LogP contribution in [0.5, 0.6) is 5.75 Å². The van der Waals surface area contributed by atoms with Crippen molar-refractivity contribution in [3.8, 4) is 5.75 Å². The van der Waals surface area contributed by atoms with Gasteiger partial charge in [0.1, 0.15) is 11.4 Å². The average Bonchev–Trinajstić information content (AvgIpc) is 2.15. The summed E-state index contributed by atoms with van der Waals surface area (Å²) in [4.78, 5) is 4.03. The Labute approximate surface area is 77.6 Å². The van der Waals surface area contributed by atoms with E-state index in [0.717, 1.165) is 5.56 Å². The summed E-state index contributed by atoms with van der Waals surface area (Å²) in [6, 6.07) is 5.17. The molecule has 2 nitrogen and oxygen atoms in total. The minimum atomic E-state index is 0.149. The molecule has 0 bridgehead atoms. The van der Waals surface area contributed by atoms with Crippen LogP contribution in [-0.2, 0) is 0 Å². The van der Waals surface area contributed by atoms with Crippen molar-refractivity contribution in [2.75, 3.05) is 0 Å². The van der Waals surface area contributed by atoms with Gasteiger partial charge in [0, 0.05) is 11.8 Å². The van der Waals surface area contributed by atoms with Crippen molar-refractivity contribution in [3.05, 3.63) is 43.0 Å². The van der Waals surface area contributed by atoms with Gasteiger partial charge in [0.05, 0.1) is 0 Å². The number of nitrogens with zero attached hydrogens (tertiary/aromatic N) is 1. The zero-order valence-electron chi connectivity index (χ0n) is 7.27. The molecule has 1 rings (SSSR count). The average molecular weight is 173 g/mol. The van der Waals surface area contributed by atoms with E-state index in [-0.39, 0.29) is 5.75 Å². The summed E-state index contributed by atoms with van der Waals surface area (Å²) in [7, 11) is 0. The number of hydrogen-bond acceptors (Lipinski definition) is 2. The van der Waals surface area contributed by atoms with Crippen molar-refractivity contribution in [1.82, 2.24) is 0 Å². The Kier molecular flexibility index (Phi) is 3.03. The van der Waals surface area contributed by atoms with E-state index in [9.17, 15) is 5.11 Å². The van der Waals surface area contributed by atoms with Crippen molar-refractivity contribution in [3.63, 3.8) is 0 Å². The lowest BCUT2D eigenvalue weighted by Crippen LogP contribution is -1.75. The van der Waals surface area contributed by atoms with Crippen LogP contribution >= 0.6 is 0 Å². The number of phenols is 1. The van der Waals surface area contributed by atoms with E-state index in [1.54, 1.807) is 24.3 Å². The monoisotopic (exact) mass is 173 g/mol. The summed E-state index contributed by atoms with van der Waals surface area (Å²) in [5.74, 6) is 0.149. The topological polar surface area (TPSA) is 32.6 Å². The van der Waals surface area contributed by atoms with Crippen LogP contribution in [-0.4, -0.2) is 11.3 Å². The van der Waals surface area contributed by atoms with E-state index in [1.807, 2.05) is 6.07 Å². The van der Waals surface area contributed by atoms with Gasteiger partial charge in [0.15, 0.2) is 0 Å². The standard InChI is InChI=1S/C11H11NO/c1-3-8-12-11-9(4-2)6-5-7-10(11)13/h3-8,13H,1-2H2/b12-8-. The summed E-state index contributed by atoms with van der Waals surface area (Å²) in [6.45, 7) is 7.13. The minimum Gasteiger partial charge on any atom is -0.506 e. The van der Waals surface area contributed by atoms with Gasteiger partial charge >= 0.3 is 0 Å². The van der Waals surface area contributed by atoms with Gasteiger partial charge in [0.25, 0.3) is 0 Å². The maximum absolute atomic E-state index is 9.45. The van der Waals surface area contributed by atoms with Crippen LogP contribution in [0.15, 0.2) is 42.4 Å². The molecule has 66 valence electrons. The molecular formula is C11H11NO. The maximum Gasteiger partial charge on any atom is 0.141 e. The lowest BCUT2D eigenvalue weighted by molar-refractivity contribution is 0.477. The Bertz CT molecular complexity index is 353. The molecule has 0 radical (unpaired) electrons. The Morgan fingerprint density at radius 2 is 2.08 bits per heavy atom. The SMILES string of the molecule is C=C/C=N\c1c(O)cccc1C=C. The van der Waals surface area contributed by atoms with Gasteiger partial charge < -0.3 is 5.11 Å². The molecule has 0 aliphatic heterocycles. The third-order valence-electron chi connectivity index (χ3n) is 1.57. The molecule has 2 heteroatoms. The lowest BCUT2D eigenvalue weighted by atomic mass is 10.1. The van der Waals surface area contributed by atoms with Crippen LogP contribution in [0.1, 0.15) is 5.56 Å². The van der Waals surface area contributed by atoms with E-state index in [4.69, 9.17) is 0 Å².